The maximum absolute atomic E-state index is 13.6. The highest BCUT2D eigenvalue weighted by Gasteiger charge is 2.07. The smallest absolute Gasteiger partial charge is 0.159 e. The van der Waals surface area contributed by atoms with Crippen LogP contribution in [0.4, 0.5) is 18.9 Å². The van der Waals surface area contributed by atoms with E-state index in [0.29, 0.717) is 16.2 Å². The van der Waals surface area contributed by atoms with E-state index in [0.717, 1.165) is 12.1 Å². The Bertz CT molecular complexity index is 572. The molecule has 0 spiro atoms. The molecule has 0 unspecified atom stereocenters. The molecule has 0 amide bonds. The van der Waals surface area contributed by atoms with Gasteiger partial charge in [-0.3, -0.25) is 0 Å². The molecule has 0 saturated carbocycles. The number of halogens is 3. The van der Waals surface area contributed by atoms with E-state index < -0.39 is 17.5 Å². The molecule has 5 heteroatoms. The largest absolute Gasteiger partial charge is 0.396 e. The van der Waals surface area contributed by atoms with Gasteiger partial charge in [-0.05, 0) is 24.3 Å². The van der Waals surface area contributed by atoms with E-state index in [1.165, 1.54) is 23.9 Å². The van der Waals surface area contributed by atoms with Crippen molar-refractivity contribution in [2.45, 2.75) is 10.6 Å². The van der Waals surface area contributed by atoms with E-state index in [-0.39, 0.29) is 5.69 Å². The van der Waals surface area contributed by atoms with Gasteiger partial charge in [0.15, 0.2) is 11.6 Å². The minimum Gasteiger partial charge on any atom is -0.396 e. The highest BCUT2D eigenvalue weighted by molar-refractivity contribution is 7.98. The minimum atomic E-state index is -0.909. The van der Waals surface area contributed by atoms with Crippen molar-refractivity contribution in [3.8, 4) is 0 Å². The van der Waals surface area contributed by atoms with E-state index in [9.17, 15) is 13.2 Å². The predicted octanol–water partition coefficient (Wildman–Crippen LogP) is 3.98. The van der Waals surface area contributed by atoms with E-state index in [4.69, 9.17) is 5.73 Å². The normalized spacial score (nSPS) is 10.6. The zero-order valence-electron chi connectivity index (χ0n) is 9.29. The van der Waals surface area contributed by atoms with Gasteiger partial charge in [-0.2, -0.15) is 0 Å². The van der Waals surface area contributed by atoms with E-state index >= 15 is 0 Å². The van der Waals surface area contributed by atoms with E-state index in [1.807, 2.05) is 0 Å². The van der Waals surface area contributed by atoms with E-state index in [2.05, 4.69) is 0 Å². The van der Waals surface area contributed by atoms with Crippen LogP contribution in [0.25, 0.3) is 0 Å². The summed E-state index contributed by atoms with van der Waals surface area (Å²) in [7, 11) is 0. The molecular formula is C13H10F3NS. The van der Waals surface area contributed by atoms with Crippen molar-refractivity contribution in [3.63, 3.8) is 0 Å². The molecule has 94 valence electrons. The molecule has 0 heterocycles. The van der Waals surface area contributed by atoms with E-state index in [1.54, 1.807) is 12.1 Å². The molecule has 0 aliphatic carbocycles. The maximum Gasteiger partial charge on any atom is 0.159 e. The number of hydrogen-bond donors (Lipinski definition) is 1. The van der Waals surface area contributed by atoms with Gasteiger partial charge in [0.2, 0.25) is 0 Å². The Morgan fingerprint density at radius 2 is 1.78 bits per heavy atom. The third-order valence-corrected chi connectivity index (χ3v) is 3.44. The lowest BCUT2D eigenvalue weighted by atomic mass is 10.2. The summed E-state index contributed by atoms with van der Waals surface area (Å²) in [6.07, 6.45) is 0. The quantitative estimate of drug-likeness (QED) is 0.673. The summed E-state index contributed by atoms with van der Waals surface area (Å²) in [5.74, 6) is -1.96. The molecule has 2 rings (SSSR count). The Kier molecular flexibility index (Phi) is 3.81. The number of anilines is 1. The average molecular weight is 269 g/mol. The van der Waals surface area contributed by atoms with Gasteiger partial charge in [0.25, 0.3) is 0 Å². The molecule has 18 heavy (non-hydrogen) atoms. The summed E-state index contributed by atoms with van der Waals surface area (Å²) < 4.78 is 39.3. The molecule has 2 aromatic rings. The van der Waals surface area contributed by atoms with Crippen LogP contribution in [0.1, 0.15) is 5.56 Å². The lowest BCUT2D eigenvalue weighted by molar-refractivity contribution is 0.506. The fraction of sp³-hybridized carbons (Fsp3) is 0.0769. The Labute approximate surface area is 107 Å². The summed E-state index contributed by atoms with van der Waals surface area (Å²) in [5.41, 5.74) is 5.96. The number of nitrogens with two attached hydrogens (primary N) is 1. The summed E-state index contributed by atoms with van der Waals surface area (Å²) in [6.45, 7) is 0. The average Bonchev–Trinajstić information content (AvgIpc) is 2.35. The third-order valence-electron chi connectivity index (χ3n) is 2.39. The summed E-state index contributed by atoms with van der Waals surface area (Å²) in [6, 6.07) is 8.32. The van der Waals surface area contributed by atoms with Gasteiger partial charge in [0.1, 0.15) is 5.82 Å². The molecular weight excluding hydrogens is 259 g/mol. The van der Waals surface area contributed by atoms with Gasteiger partial charge in [-0.15, -0.1) is 11.8 Å². The second-order valence-corrected chi connectivity index (χ2v) is 4.73. The fourth-order valence-electron chi connectivity index (χ4n) is 1.44. The second kappa shape index (κ2) is 5.35. The molecule has 0 atom stereocenters. The first-order valence-corrected chi connectivity index (χ1v) is 6.17. The molecule has 2 aromatic carbocycles. The minimum absolute atomic E-state index is 0.0818. The van der Waals surface area contributed by atoms with Crippen LogP contribution in [0.2, 0.25) is 0 Å². The number of hydrogen-bond acceptors (Lipinski definition) is 2. The lowest BCUT2D eigenvalue weighted by Crippen LogP contribution is -1.95. The van der Waals surface area contributed by atoms with Crippen molar-refractivity contribution < 1.29 is 13.2 Å². The molecule has 0 aromatic heterocycles. The van der Waals surface area contributed by atoms with Crippen LogP contribution in [0.5, 0.6) is 0 Å². The van der Waals surface area contributed by atoms with Crippen LogP contribution >= 0.6 is 11.8 Å². The first-order chi connectivity index (χ1) is 8.58. The molecule has 0 radical (unpaired) electrons. The van der Waals surface area contributed by atoms with Gasteiger partial charge in [0, 0.05) is 16.2 Å². The van der Waals surface area contributed by atoms with Crippen LogP contribution in [0.3, 0.4) is 0 Å². The lowest BCUT2D eigenvalue weighted by Gasteiger charge is -2.05. The monoisotopic (exact) mass is 269 g/mol. The first-order valence-electron chi connectivity index (χ1n) is 5.18. The Morgan fingerprint density at radius 1 is 1.00 bits per heavy atom. The summed E-state index contributed by atoms with van der Waals surface area (Å²) in [5, 5.41) is 0. The van der Waals surface area contributed by atoms with Crippen molar-refractivity contribution in [3.05, 3.63) is 59.4 Å². The highest BCUT2D eigenvalue weighted by atomic mass is 32.2. The number of rotatable bonds is 3. The highest BCUT2D eigenvalue weighted by Crippen LogP contribution is 2.26. The van der Waals surface area contributed by atoms with Crippen LogP contribution in [-0.2, 0) is 5.75 Å². The number of thioether (sulfide) groups is 1. The van der Waals surface area contributed by atoms with Gasteiger partial charge in [-0.25, -0.2) is 13.2 Å². The molecule has 0 saturated heterocycles. The predicted molar refractivity (Wildman–Crippen MR) is 66.7 cm³/mol. The zero-order chi connectivity index (χ0) is 13.1. The zero-order valence-corrected chi connectivity index (χ0v) is 10.1. The Hall–Kier alpha value is -1.62. The van der Waals surface area contributed by atoms with Crippen LogP contribution < -0.4 is 5.73 Å². The van der Waals surface area contributed by atoms with Crippen LogP contribution in [-0.4, -0.2) is 0 Å². The summed E-state index contributed by atoms with van der Waals surface area (Å²) in [4.78, 5) is 0.538. The molecule has 2 N–H and O–H groups in total. The third kappa shape index (κ3) is 2.79. The maximum atomic E-state index is 13.6. The Morgan fingerprint density at radius 3 is 2.50 bits per heavy atom. The van der Waals surface area contributed by atoms with Crippen molar-refractivity contribution in [2.75, 3.05) is 5.73 Å². The SMILES string of the molecule is Nc1cccc(CSc2ccc(F)c(F)c2)c1F. The molecule has 0 aliphatic heterocycles. The van der Waals surface area contributed by atoms with Crippen molar-refractivity contribution in [2.24, 2.45) is 0 Å². The molecule has 1 nitrogen and oxygen atoms in total. The van der Waals surface area contributed by atoms with Crippen molar-refractivity contribution in [1.82, 2.24) is 0 Å². The second-order valence-electron chi connectivity index (χ2n) is 3.68. The van der Waals surface area contributed by atoms with Gasteiger partial charge < -0.3 is 5.73 Å². The first kappa shape index (κ1) is 12.8. The van der Waals surface area contributed by atoms with Crippen LogP contribution in [0, 0.1) is 17.5 Å². The Balaban J connectivity index is 2.11. The number of nitrogen functional groups attached to an aromatic ring is 1. The van der Waals surface area contributed by atoms with Crippen molar-refractivity contribution in [1.29, 1.82) is 0 Å². The topological polar surface area (TPSA) is 26.0 Å². The molecule has 0 aliphatic rings. The molecule has 0 bridgehead atoms. The van der Waals surface area contributed by atoms with Crippen molar-refractivity contribution >= 4 is 17.4 Å². The fourth-order valence-corrected chi connectivity index (χ4v) is 2.34. The van der Waals surface area contributed by atoms with Gasteiger partial charge >= 0.3 is 0 Å². The number of benzene rings is 2. The van der Waals surface area contributed by atoms with Crippen LogP contribution in [0.15, 0.2) is 41.3 Å². The molecule has 0 fully saturated rings. The summed E-state index contributed by atoms with van der Waals surface area (Å²) >= 11 is 1.22. The standard InChI is InChI=1S/C13H10F3NS/c14-10-5-4-9(6-11(10)15)18-7-8-2-1-3-12(17)13(8)16/h1-6H,7,17H2. The van der Waals surface area contributed by atoms with Gasteiger partial charge in [0.05, 0.1) is 5.69 Å². The van der Waals surface area contributed by atoms with Gasteiger partial charge in [-0.1, -0.05) is 12.1 Å².